The molecule has 1 aliphatic rings. The lowest BCUT2D eigenvalue weighted by Gasteiger charge is -2.34. The number of hydrogen-bond acceptors (Lipinski definition) is 4. The number of aromatic nitrogens is 3. The zero-order chi connectivity index (χ0) is 15.0. The van der Waals surface area contributed by atoms with E-state index in [-0.39, 0.29) is 12.1 Å². The number of carbonyl (C=O) groups is 1. The van der Waals surface area contributed by atoms with Gasteiger partial charge in [0.05, 0.1) is 6.04 Å². The molecule has 0 fully saturated rings. The first kappa shape index (κ1) is 14.1. The molecule has 1 unspecified atom stereocenters. The van der Waals surface area contributed by atoms with E-state index in [2.05, 4.69) is 46.2 Å². The molecule has 21 heavy (non-hydrogen) atoms. The van der Waals surface area contributed by atoms with Gasteiger partial charge in [0.2, 0.25) is 5.13 Å². The number of amides is 2. The smallest absolute Gasteiger partial charge is 0.324 e. The van der Waals surface area contributed by atoms with Gasteiger partial charge in [0.15, 0.2) is 0 Å². The highest BCUT2D eigenvalue weighted by Crippen LogP contribution is 2.27. The van der Waals surface area contributed by atoms with Crippen LogP contribution in [-0.4, -0.2) is 32.2 Å². The lowest BCUT2D eigenvalue weighted by atomic mass is 10.1. The van der Waals surface area contributed by atoms with Crippen LogP contribution in [0.25, 0.3) is 0 Å². The average molecular weight is 305 g/mol. The van der Waals surface area contributed by atoms with E-state index in [1.165, 1.54) is 11.3 Å². The van der Waals surface area contributed by atoms with E-state index in [0.717, 1.165) is 17.2 Å². The number of anilines is 1. The molecule has 0 saturated carbocycles. The quantitative estimate of drug-likeness (QED) is 0.927. The van der Waals surface area contributed by atoms with Gasteiger partial charge in [-0.1, -0.05) is 25.2 Å². The monoisotopic (exact) mass is 305 g/mol. The first-order valence-electron chi connectivity index (χ1n) is 7.12. The van der Waals surface area contributed by atoms with Gasteiger partial charge in [-0.15, -0.1) is 10.2 Å². The summed E-state index contributed by atoms with van der Waals surface area (Å²) >= 11 is 1.44. The molecule has 3 heterocycles. The molecule has 6 nitrogen and oxygen atoms in total. The van der Waals surface area contributed by atoms with Gasteiger partial charge in [0, 0.05) is 30.9 Å². The molecule has 1 atom stereocenters. The summed E-state index contributed by atoms with van der Waals surface area (Å²) in [5, 5.41) is 12.5. The molecule has 2 aromatic rings. The fraction of sp³-hybridized carbons (Fsp3) is 0.500. The highest BCUT2D eigenvalue weighted by Gasteiger charge is 2.28. The molecule has 0 saturated heterocycles. The van der Waals surface area contributed by atoms with Gasteiger partial charge >= 0.3 is 6.03 Å². The van der Waals surface area contributed by atoms with Crippen molar-refractivity contribution in [2.24, 2.45) is 0 Å². The van der Waals surface area contributed by atoms with E-state index in [0.29, 0.717) is 17.6 Å². The third kappa shape index (κ3) is 2.65. The van der Waals surface area contributed by atoms with Crippen LogP contribution in [0, 0.1) is 0 Å². The summed E-state index contributed by atoms with van der Waals surface area (Å²) < 4.78 is 2.19. The van der Waals surface area contributed by atoms with Crippen LogP contribution in [0.2, 0.25) is 0 Å². The largest absolute Gasteiger partial charge is 0.348 e. The van der Waals surface area contributed by atoms with Crippen LogP contribution in [0.3, 0.4) is 0 Å². The highest BCUT2D eigenvalue weighted by molar-refractivity contribution is 7.15. The second-order valence-corrected chi connectivity index (χ2v) is 6.54. The van der Waals surface area contributed by atoms with Gasteiger partial charge in [-0.2, -0.15) is 0 Å². The Kier molecular flexibility index (Phi) is 3.67. The summed E-state index contributed by atoms with van der Waals surface area (Å²) in [5.41, 5.74) is 1.16. The third-order valence-electron chi connectivity index (χ3n) is 3.75. The molecule has 0 aromatic carbocycles. The minimum absolute atomic E-state index is 0.0613. The van der Waals surface area contributed by atoms with Gasteiger partial charge in [-0.3, -0.25) is 5.32 Å². The zero-order valence-corrected chi connectivity index (χ0v) is 13.2. The average Bonchev–Trinajstić information content (AvgIpc) is 3.07. The van der Waals surface area contributed by atoms with E-state index in [9.17, 15) is 4.79 Å². The fourth-order valence-electron chi connectivity index (χ4n) is 2.54. The number of nitrogens with zero attached hydrogens (tertiary/aromatic N) is 4. The van der Waals surface area contributed by atoms with Crippen molar-refractivity contribution in [3.8, 4) is 0 Å². The van der Waals surface area contributed by atoms with Crippen molar-refractivity contribution in [1.82, 2.24) is 19.7 Å². The Bertz CT molecular complexity index is 647. The molecule has 2 aromatic heterocycles. The zero-order valence-electron chi connectivity index (χ0n) is 12.4. The summed E-state index contributed by atoms with van der Waals surface area (Å²) in [6.45, 7) is 7.70. The molecule has 0 spiro atoms. The van der Waals surface area contributed by atoms with Crippen LogP contribution < -0.4 is 5.32 Å². The second-order valence-electron chi connectivity index (χ2n) is 5.53. The molecule has 0 aliphatic carbocycles. The molecule has 0 radical (unpaired) electrons. The van der Waals surface area contributed by atoms with Crippen molar-refractivity contribution in [3.63, 3.8) is 0 Å². The molecule has 1 N–H and O–H groups in total. The van der Waals surface area contributed by atoms with Crippen LogP contribution in [0.15, 0.2) is 18.3 Å². The van der Waals surface area contributed by atoms with Crippen LogP contribution >= 0.6 is 11.3 Å². The number of carbonyl (C=O) groups excluding carboxylic acids is 1. The summed E-state index contributed by atoms with van der Waals surface area (Å²) in [7, 11) is 0. The first-order valence-corrected chi connectivity index (χ1v) is 7.94. The minimum Gasteiger partial charge on any atom is -0.348 e. The molecule has 0 bridgehead atoms. The molecule has 112 valence electrons. The molecule has 3 rings (SSSR count). The van der Waals surface area contributed by atoms with Gasteiger partial charge in [-0.25, -0.2) is 4.79 Å². The normalized spacial score (nSPS) is 17.9. The SMILES string of the molecule is CC(C)c1nnc(NC(=O)N2CCn3cccc3C2C)s1. The van der Waals surface area contributed by atoms with E-state index in [4.69, 9.17) is 0 Å². The van der Waals surface area contributed by atoms with Crippen molar-refractivity contribution in [1.29, 1.82) is 0 Å². The number of fused-ring (bicyclic) bond motifs is 1. The summed E-state index contributed by atoms with van der Waals surface area (Å²) in [6, 6.07) is 4.03. The van der Waals surface area contributed by atoms with Crippen molar-refractivity contribution in [2.45, 2.75) is 39.3 Å². The lowest BCUT2D eigenvalue weighted by molar-refractivity contribution is 0.175. The van der Waals surface area contributed by atoms with Crippen molar-refractivity contribution < 1.29 is 4.79 Å². The first-order chi connectivity index (χ1) is 10.1. The topological polar surface area (TPSA) is 63.1 Å². The molecule has 1 aliphatic heterocycles. The minimum atomic E-state index is -0.110. The molecular weight excluding hydrogens is 286 g/mol. The fourth-order valence-corrected chi connectivity index (χ4v) is 3.27. The molecule has 7 heteroatoms. The lowest BCUT2D eigenvalue weighted by Crippen LogP contribution is -2.42. The van der Waals surface area contributed by atoms with E-state index in [1.54, 1.807) is 0 Å². The van der Waals surface area contributed by atoms with Crippen molar-refractivity contribution in [3.05, 3.63) is 29.0 Å². The Morgan fingerprint density at radius 3 is 2.95 bits per heavy atom. The van der Waals surface area contributed by atoms with Gasteiger partial charge in [0.25, 0.3) is 0 Å². The molecular formula is C14H19N5OS. The maximum absolute atomic E-state index is 12.4. The molecule has 2 amide bonds. The van der Waals surface area contributed by atoms with Gasteiger partial charge in [-0.05, 0) is 19.1 Å². The number of urea groups is 1. The maximum atomic E-state index is 12.4. The van der Waals surface area contributed by atoms with Crippen LogP contribution in [0.5, 0.6) is 0 Å². The standard InChI is InChI=1S/C14H19N5OS/c1-9(2)12-16-17-13(21-12)15-14(20)19-8-7-18-6-4-5-11(18)10(19)3/h4-6,9-10H,7-8H2,1-3H3,(H,15,17,20). The number of nitrogens with one attached hydrogen (secondary N) is 1. The van der Waals surface area contributed by atoms with Crippen molar-refractivity contribution in [2.75, 3.05) is 11.9 Å². The Balaban J connectivity index is 1.71. The predicted octanol–water partition coefficient (Wildman–Crippen LogP) is 3.07. The van der Waals surface area contributed by atoms with E-state index < -0.39 is 0 Å². The number of hydrogen-bond donors (Lipinski definition) is 1. The van der Waals surface area contributed by atoms with Gasteiger partial charge < -0.3 is 9.47 Å². The Morgan fingerprint density at radius 1 is 1.43 bits per heavy atom. The van der Waals surface area contributed by atoms with E-state index >= 15 is 0 Å². The van der Waals surface area contributed by atoms with Crippen molar-refractivity contribution >= 4 is 22.5 Å². The van der Waals surface area contributed by atoms with Crippen LogP contribution in [0.4, 0.5) is 9.93 Å². The predicted molar refractivity (Wildman–Crippen MR) is 82.6 cm³/mol. The Morgan fingerprint density at radius 2 is 2.24 bits per heavy atom. The van der Waals surface area contributed by atoms with Gasteiger partial charge in [0.1, 0.15) is 5.01 Å². The second kappa shape index (κ2) is 5.48. The maximum Gasteiger partial charge on any atom is 0.324 e. The Hall–Kier alpha value is -1.89. The number of rotatable bonds is 2. The summed E-state index contributed by atoms with van der Waals surface area (Å²) in [6.07, 6.45) is 2.06. The summed E-state index contributed by atoms with van der Waals surface area (Å²) in [4.78, 5) is 14.3. The van der Waals surface area contributed by atoms with Crippen LogP contribution in [-0.2, 0) is 6.54 Å². The van der Waals surface area contributed by atoms with Crippen LogP contribution in [0.1, 0.15) is 43.4 Å². The Labute approximate surface area is 127 Å². The van der Waals surface area contributed by atoms with E-state index in [1.807, 2.05) is 17.9 Å². The third-order valence-corrected chi connectivity index (χ3v) is 4.89. The summed E-state index contributed by atoms with van der Waals surface area (Å²) in [5.74, 6) is 0.324. The highest BCUT2D eigenvalue weighted by atomic mass is 32.1.